The number of nitrogens with zero attached hydrogens (tertiary/aromatic N) is 2. The minimum atomic E-state index is -0.349. The molecule has 6 nitrogen and oxygen atoms in total. The largest absolute Gasteiger partial charge is 0.495 e. The summed E-state index contributed by atoms with van der Waals surface area (Å²) < 4.78 is 20.4. The van der Waals surface area contributed by atoms with Crippen molar-refractivity contribution in [1.29, 1.82) is 0 Å². The molecule has 1 N–H and O–H groups in total. The minimum absolute atomic E-state index is 0.0369. The fourth-order valence-electron chi connectivity index (χ4n) is 3.02. The lowest BCUT2D eigenvalue weighted by molar-refractivity contribution is -0.113. The van der Waals surface area contributed by atoms with Gasteiger partial charge in [0.05, 0.1) is 29.9 Å². The van der Waals surface area contributed by atoms with Gasteiger partial charge in [0.25, 0.3) is 5.56 Å². The van der Waals surface area contributed by atoms with Gasteiger partial charge in [-0.05, 0) is 47.3 Å². The molecule has 4 rings (SSSR count). The van der Waals surface area contributed by atoms with Crippen molar-refractivity contribution >= 4 is 56.5 Å². The van der Waals surface area contributed by atoms with E-state index in [4.69, 9.17) is 16.3 Å². The number of aromatic nitrogens is 2. The Bertz CT molecular complexity index is 1340. The van der Waals surface area contributed by atoms with Crippen molar-refractivity contribution < 1.29 is 13.9 Å². The van der Waals surface area contributed by atoms with Gasteiger partial charge in [0.1, 0.15) is 16.3 Å². The van der Waals surface area contributed by atoms with Gasteiger partial charge < -0.3 is 10.1 Å². The molecule has 0 aliphatic rings. The maximum Gasteiger partial charge on any atom is 0.272 e. The summed E-state index contributed by atoms with van der Waals surface area (Å²) in [4.78, 5) is 30.1. The Morgan fingerprint density at radius 2 is 2.03 bits per heavy atom. The Balaban J connectivity index is 1.55. The van der Waals surface area contributed by atoms with E-state index in [1.807, 2.05) is 0 Å². The number of thiophene rings is 1. The molecule has 2 aromatic heterocycles. The zero-order valence-electron chi connectivity index (χ0n) is 16.8. The zero-order valence-corrected chi connectivity index (χ0v) is 19.2. The van der Waals surface area contributed by atoms with Crippen molar-refractivity contribution in [3.63, 3.8) is 0 Å². The van der Waals surface area contributed by atoms with E-state index in [1.165, 1.54) is 35.1 Å². The van der Waals surface area contributed by atoms with Crippen LogP contribution in [0, 0.1) is 5.82 Å². The van der Waals surface area contributed by atoms with Crippen LogP contribution in [-0.2, 0) is 11.3 Å². The first kappa shape index (κ1) is 22.3. The van der Waals surface area contributed by atoms with E-state index in [0.29, 0.717) is 31.8 Å². The van der Waals surface area contributed by atoms with Crippen molar-refractivity contribution in [2.45, 2.75) is 11.7 Å². The van der Waals surface area contributed by atoms with Crippen LogP contribution < -0.4 is 15.6 Å². The highest BCUT2D eigenvalue weighted by Crippen LogP contribution is 2.27. The zero-order chi connectivity index (χ0) is 22.7. The Labute approximate surface area is 196 Å². The van der Waals surface area contributed by atoms with E-state index in [2.05, 4.69) is 10.3 Å². The molecule has 0 aliphatic heterocycles. The number of carbonyl (C=O) groups excluding carboxylic acids is 1. The topological polar surface area (TPSA) is 73.2 Å². The number of halogens is 2. The van der Waals surface area contributed by atoms with Gasteiger partial charge >= 0.3 is 0 Å². The van der Waals surface area contributed by atoms with Gasteiger partial charge in [0.2, 0.25) is 5.91 Å². The van der Waals surface area contributed by atoms with E-state index >= 15 is 0 Å². The summed E-state index contributed by atoms with van der Waals surface area (Å²) in [5.41, 5.74) is 1.68. The van der Waals surface area contributed by atoms with Gasteiger partial charge in [-0.2, -0.15) is 0 Å². The number of amides is 1. The van der Waals surface area contributed by atoms with E-state index in [0.717, 1.165) is 17.3 Å². The van der Waals surface area contributed by atoms with Crippen molar-refractivity contribution in [3.8, 4) is 5.75 Å². The number of ether oxygens (including phenoxy) is 1. The molecule has 0 bridgehead atoms. The number of thioether (sulfide) groups is 1. The average Bonchev–Trinajstić information content (AvgIpc) is 3.25. The molecular formula is C22H17ClFN3O3S2. The van der Waals surface area contributed by atoms with E-state index in [1.54, 1.807) is 41.8 Å². The minimum Gasteiger partial charge on any atom is -0.495 e. The quantitative estimate of drug-likeness (QED) is 0.291. The predicted molar refractivity (Wildman–Crippen MR) is 127 cm³/mol. The molecule has 10 heteroatoms. The van der Waals surface area contributed by atoms with Gasteiger partial charge in [-0.3, -0.25) is 14.2 Å². The smallest absolute Gasteiger partial charge is 0.272 e. The fraction of sp³-hybridized carbons (Fsp3) is 0.136. The third-order valence-corrected chi connectivity index (χ3v) is 6.72. The molecule has 1 amide bonds. The van der Waals surface area contributed by atoms with Crippen LogP contribution in [0.3, 0.4) is 0 Å². The van der Waals surface area contributed by atoms with Crippen molar-refractivity contribution in [2.24, 2.45) is 0 Å². The van der Waals surface area contributed by atoms with Crippen LogP contribution in [0.1, 0.15) is 5.56 Å². The first-order chi connectivity index (χ1) is 15.4. The van der Waals surface area contributed by atoms with E-state index < -0.39 is 0 Å². The summed E-state index contributed by atoms with van der Waals surface area (Å²) in [6.07, 6.45) is 0. The molecule has 164 valence electrons. The number of carbonyl (C=O) groups is 1. The first-order valence-corrected chi connectivity index (χ1v) is 11.7. The highest BCUT2D eigenvalue weighted by atomic mass is 35.5. The normalized spacial score (nSPS) is 11.0. The number of hydrogen-bond acceptors (Lipinski definition) is 6. The summed E-state index contributed by atoms with van der Waals surface area (Å²) in [5, 5.41) is 5.37. The summed E-state index contributed by atoms with van der Waals surface area (Å²) in [6.45, 7) is 0.220. The highest BCUT2D eigenvalue weighted by Gasteiger charge is 2.15. The second-order valence-electron chi connectivity index (χ2n) is 6.73. The maximum atomic E-state index is 13.3. The first-order valence-electron chi connectivity index (χ1n) is 9.43. The summed E-state index contributed by atoms with van der Waals surface area (Å²) in [6, 6.07) is 12.7. The Hall–Kier alpha value is -2.88. The molecule has 0 fully saturated rings. The molecule has 0 spiro atoms. The fourth-order valence-corrected chi connectivity index (χ4v) is 4.85. The standard InChI is InChI=1S/C22H17ClFN3O3S2/c1-30-18-7-6-15(10-16(18)23)25-19(28)12-32-22-26-17-8-9-31-20(17)21(29)27(22)11-13-2-4-14(24)5-3-13/h2-10H,11-12H2,1H3,(H,25,28). The number of methoxy groups -OCH3 is 1. The van der Waals surface area contributed by atoms with Crippen LogP contribution in [0.25, 0.3) is 10.2 Å². The molecule has 0 saturated heterocycles. The maximum absolute atomic E-state index is 13.3. The van der Waals surface area contributed by atoms with E-state index in [-0.39, 0.29) is 29.6 Å². The van der Waals surface area contributed by atoms with Gasteiger partial charge in [-0.1, -0.05) is 35.5 Å². The Morgan fingerprint density at radius 1 is 1.25 bits per heavy atom. The van der Waals surface area contributed by atoms with Crippen LogP contribution in [-0.4, -0.2) is 28.3 Å². The van der Waals surface area contributed by atoms with Crippen molar-refractivity contribution in [2.75, 3.05) is 18.2 Å². The average molecular weight is 490 g/mol. The van der Waals surface area contributed by atoms with Crippen LogP contribution in [0.2, 0.25) is 5.02 Å². The molecule has 4 aromatic rings. The second-order valence-corrected chi connectivity index (χ2v) is 9.00. The van der Waals surface area contributed by atoms with Crippen molar-refractivity contribution in [3.05, 3.63) is 80.7 Å². The monoisotopic (exact) mass is 489 g/mol. The molecule has 0 atom stereocenters. The SMILES string of the molecule is COc1ccc(NC(=O)CSc2nc3ccsc3c(=O)n2Cc2ccc(F)cc2)cc1Cl. The van der Waals surface area contributed by atoms with Crippen LogP contribution in [0.4, 0.5) is 10.1 Å². The lowest BCUT2D eigenvalue weighted by atomic mass is 10.2. The molecule has 2 heterocycles. The molecule has 32 heavy (non-hydrogen) atoms. The number of hydrogen-bond donors (Lipinski definition) is 1. The van der Waals surface area contributed by atoms with Crippen LogP contribution in [0.5, 0.6) is 5.75 Å². The number of fused-ring (bicyclic) bond motifs is 1. The lowest BCUT2D eigenvalue weighted by Gasteiger charge is -2.12. The second kappa shape index (κ2) is 9.72. The van der Waals surface area contributed by atoms with Crippen LogP contribution in [0.15, 0.2) is 63.9 Å². The van der Waals surface area contributed by atoms with Gasteiger partial charge in [-0.25, -0.2) is 9.37 Å². The molecule has 0 aliphatic carbocycles. The molecule has 2 aromatic carbocycles. The van der Waals surface area contributed by atoms with Crippen molar-refractivity contribution in [1.82, 2.24) is 9.55 Å². The number of benzene rings is 2. The third kappa shape index (κ3) is 4.95. The van der Waals surface area contributed by atoms with Gasteiger partial charge in [0, 0.05) is 5.69 Å². The van der Waals surface area contributed by atoms with Gasteiger partial charge in [0.15, 0.2) is 5.16 Å². The number of anilines is 1. The lowest BCUT2D eigenvalue weighted by Crippen LogP contribution is -2.24. The molecule has 0 unspecified atom stereocenters. The molecular weight excluding hydrogens is 473 g/mol. The molecule has 0 saturated carbocycles. The third-order valence-electron chi connectivity index (χ3n) is 4.55. The summed E-state index contributed by atoms with van der Waals surface area (Å²) in [5.74, 6) is -0.0750. The Morgan fingerprint density at radius 3 is 2.75 bits per heavy atom. The van der Waals surface area contributed by atoms with E-state index in [9.17, 15) is 14.0 Å². The molecule has 0 radical (unpaired) electrons. The van der Waals surface area contributed by atoms with Gasteiger partial charge in [-0.15, -0.1) is 11.3 Å². The van der Waals surface area contributed by atoms with Crippen LogP contribution >= 0.6 is 34.7 Å². The number of rotatable bonds is 7. The predicted octanol–water partition coefficient (Wildman–Crippen LogP) is 5.04. The Kier molecular flexibility index (Phi) is 6.78. The number of nitrogens with one attached hydrogen (secondary N) is 1. The summed E-state index contributed by atoms with van der Waals surface area (Å²) >= 11 is 8.57. The highest BCUT2D eigenvalue weighted by molar-refractivity contribution is 7.99. The summed E-state index contributed by atoms with van der Waals surface area (Å²) in [7, 11) is 1.51.